The van der Waals surface area contributed by atoms with Gasteiger partial charge in [-0.15, -0.1) is 0 Å². The Hall–Kier alpha value is -1.55. The van der Waals surface area contributed by atoms with Crippen LogP contribution in [0.5, 0.6) is 5.75 Å². The summed E-state index contributed by atoms with van der Waals surface area (Å²) in [4.78, 5) is 17.3. The van der Waals surface area contributed by atoms with Gasteiger partial charge in [0.25, 0.3) is 0 Å². The Labute approximate surface area is 145 Å². The molecule has 1 aromatic rings. The lowest BCUT2D eigenvalue weighted by molar-refractivity contribution is -0.132. The van der Waals surface area contributed by atoms with Gasteiger partial charge in [0.15, 0.2) is 0 Å². The number of ether oxygens (including phenoxy) is 1. The molecule has 2 heterocycles. The minimum absolute atomic E-state index is 0.325. The van der Waals surface area contributed by atoms with Gasteiger partial charge in [-0.05, 0) is 69.8 Å². The SMILES string of the molecule is CCOc1ccc(CCC(=O)N2CCC[C@@H]2CN2CCCC2)cc1. The van der Waals surface area contributed by atoms with E-state index in [2.05, 4.69) is 21.9 Å². The first-order chi connectivity index (χ1) is 11.8. The van der Waals surface area contributed by atoms with Crippen LogP contribution in [0.3, 0.4) is 0 Å². The molecule has 3 rings (SSSR count). The van der Waals surface area contributed by atoms with Crippen molar-refractivity contribution in [3.63, 3.8) is 0 Å². The average molecular weight is 330 g/mol. The third kappa shape index (κ3) is 4.50. The summed E-state index contributed by atoms with van der Waals surface area (Å²) in [6.07, 6.45) is 6.40. The molecule has 0 spiro atoms. The number of hydrogen-bond donors (Lipinski definition) is 0. The topological polar surface area (TPSA) is 32.8 Å². The highest BCUT2D eigenvalue weighted by atomic mass is 16.5. The van der Waals surface area contributed by atoms with Crippen molar-refractivity contribution in [2.45, 2.75) is 51.5 Å². The number of carbonyl (C=O) groups excluding carboxylic acids is 1. The third-order valence-corrected chi connectivity index (χ3v) is 5.23. The summed E-state index contributed by atoms with van der Waals surface area (Å²) >= 11 is 0. The van der Waals surface area contributed by atoms with E-state index in [0.29, 0.717) is 25.0 Å². The van der Waals surface area contributed by atoms with Crippen LogP contribution in [-0.2, 0) is 11.2 Å². The second kappa shape index (κ2) is 8.52. The summed E-state index contributed by atoms with van der Waals surface area (Å²) in [7, 11) is 0. The predicted molar refractivity (Wildman–Crippen MR) is 96.3 cm³/mol. The minimum Gasteiger partial charge on any atom is -0.494 e. The lowest BCUT2D eigenvalue weighted by Gasteiger charge is -2.28. The first-order valence-corrected chi connectivity index (χ1v) is 9.50. The van der Waals surface area contributed by atoms with Crippen LogP contribution in [0, 0.1) is 0 Å². The molecule has 0 bridgehead atoms. The fourth-order valence-corrected chi connectivity index (χ4v) is 3.93. The van der Waals surface area contributed by atoms with Crippen molar-refractivity contribution in [3.8, 4) is 5.75 Å². The molecule has 0 aromatic heterocycles. The summed E-state index contributed by atoms with van der Waals surface area (Å²) in [6, 6.07) is 8.58. The number of likely N-dealkylation sites (tertiary alicyclic amines) is 2. The van der Waals surface area contributed by atoms with Crippen molar-refractivity contribution in [2.24, 2.45) is 0 Å². The lowest BCUT2D eigenvalue weighted by atomic mass is 10.1. The highest BCUT2D eigenvalue weighted by Crippen LogP contribution is 2.22. The number of carbonyl (C=O) groups is 1. The van der Waals surface area contributed by atoms with E-state index in [0.717, 1.165) is 31.7 Å². The molecule has 0 unspecified atom stereocenters. The van der Waals surface area contributed by atoms with E-state index >= 15 is 0 Å². The normalized spacial score (nSPS) is 21.4. The zero-order valence-electron chi connectivity index (χ0n) is 14.9. The Morgan fingerprint density at radius 1 is 1.12 bits per heavy atom. The van der Waals surface area contributed by atoms with E-state index in [1.165, 1.54) is 37.9 Å². The van der Waals surface area contributed by atoms with Gasteiger partial charge in [0.1, 0.15) is 5.75 Å². The minimum atomic E-state index is 0.325. The number of amides is 1. The maximum Gasteiger partial charge on any atom is 0.223 e. The summed E-state index contributed by atoms with van der Waals surface area (Å²) in [6.45, 7) is 7.12. The van der Waals surface area contributed by atoms with E-state index in [-0.39, 0.29) is 0 Å². The van der Waals surface area contributed by atoms with Crippen LogP contribution < -0.4 is 4.74 Å². The van der Waals surface area contributed by atoms with Crippen LogP contribution in [0.4, 0.5) is 0 Å². The molecule has 0 saturated carbocycles. The molecule has 0 N–H and O–H groups in total. The Bertz CT molecular complexity index is 523. The Kier molecular flexibility index (Phi) is 6.13. The van der Waals surface area contributed by atoms with Crippen molar-refractivity contribution >= 4 is 5.91 Å². The molecule has 4 heteroatoms. The second-order valence-corrected chi connectivity index (χ2v) is 6.97. The standard InChI is InChI=1S/C20H30N2O2/c1-2-24-19-10-7-17(8-11-19)9-12-20(23)22-15-5-6-18(22)16-21-13-3-4-14-21/h7-8,10-11,18H,2-6,9,12-16H2,1H3/t18-/m1/s1. The van der Waals surface area contributed by atoms with E-state index in [4.69, 9.17) is 4.74 Å². The van der Waals surface area contributed by atoms with Crippen molar-refractivity contribution < 1.29 is 9.53 Å². The number of hydrogen-bond acceptors (Lipinski definition) is 3. The van der Waals surface area contributed by atoms with Gasteiger partial charge in [-0.1, -0.05) is 12.1 Å². The average Bonchev–Trinajstić information content (AvgIpc) is 3.27. The number of rotatable bonds is 7. The molecular formula is C20H30N2O2. The van der Waals surface area contributed by atoms with Crippen LogP contribution in [0.1, 0.15) is 44.6 Å². The van der Waals surface area contributed by atoms with Gasteiger partial charge in [-0.3, -0.25) is 4.79 Å². The van der Waals surface area contributed by atoms with Crippen molar-refractivity contribution in [2.75, 3.05) is 32.8 Å². The van der Waals surface area contributed by atoms with Crippen LogP contribution >= 0.6 is 0 Å². The highest BCUT2D eigenvalue weighted by molar-refractivity contribution is 5.77. The summed E-state index contributed by atoms with van der Waals surface area (Å²) in [5, 5.41) is 0. The third-order valence-electron chi connectivity index (χ3n) is 5.23. The molecule has 1 amide bonds. The van der Waals surface area contributed by atoms with E-state index in [9.17, 15) is 4.79 Å². The van der Waals surface area contributed by atoms with Crippen LogP contribution in [-0.4, -0.2) is 54.5 Å². The zero-order valence-corrected chi connectivity index (χ0v) is 14.9. The molecule has 1 aromatic carbocycles. The Balaban J connectivity index is 1.48. The monoisotopic (exact) mass is 330 g/mol. The molecule has 0 radical (unpaired) electrons. The van der Waals surface area contributed by atoms with Crippen LogP contribution in [0.2, 0.25) is 0 Å². The lowest BCUT2D eigenvalue weighted by Crippen LogP contribution is -2.42. The largest absolute Gasteiger partial charge is 0.494 e. The van der Waals surface area contributed by atoms with E-state index < -0.39 is 0 Å². The molecule has 2 saturated heterocycles. The van der Waals surface area contributed by atoms with Crippen LogP contribution in [0.25, 0.3) is 0 Å². The molecule has 2 aliphatic heterocycles. The van der Waals surface area contributed by atoms with E-state index in [1.807, 2.05) is 19.1 Å². The predicted octanol–water partition coefficient (Wildman–Crippen LogP) is 3.10. The van der Waals surface area contributed by atoms with E-state index in [1.54, 1.807) is 0 Å². The van der Waals surface area contributed by atoms with Gasteiger partial charge in [-0.2, -0.15) is 0 Å². The van der Waals surface area contributed by atoms with Crippen molar-refractivity contribution in [1.82, 2.24) is 9.80 Å². The van der Waals surface area contributed by atoms with Crippen molar-refractivity contribution in [3.05, 3.63) is 29.8 Å². The smallest absolute Gasteiger partial charge is 0.223 e. The number of benzene rings is 1. The highest BCUT2D eigenvalue weighted by Gasteiger charge is 2.30. The number of nitrogens with zero attached hydrogens (tertiary/aromatic N) is 2. The fourth-order valence-electron chi connectivity index (χ4n) is 3.93. The fraction of sp³-hybridized carbons (Fsp3) is 0.650. The van der Waals surface area contributed by atoms with Gasteiger partial charge in [0, 0.05) is 25.6 Å². The Morgan fingerprint density at radius 2 is 1.88 bits per heavy atom. The second-order valence-electron chi connectivity index (χ2n) is 6.97. The first kappa shape index (κ1) is 17.3. The molecule has 0 aliphatic carbocycles. The quantitative estimate of drug-likeness (QED) is 0.770. The molecule has 4 nitrogen and oxygen atoms in total. The van der Waals surface area contributed by atoms with Gasteiger partial charge in [0.05, 0.1) is 6.61 Å². The van der Waals surface area contributed by atoms with Gasteiger partial charge < -0.3 is 14.5 Å². The molecule has 24 heavy (non-hydrogen) atoms. The first-order valence-electron chi connectivity index (χ1n) is 9.50. The van der Waals surface area contributed by atoms with Crippen LogP contribution in [0.15, 0.2) is 24.3 Å². The molecule has 2 aliphatic rings. The van der Waals surface area contributed by atoms with Gasteiger partial charge in [0.2, 0.25) is 5.91 Å². The summed E-state index contributed by atoms with van der Waals surface area (Å²) in [5.74, 6) is 1.23. The number of aryl methyl sites for hydroxylation is 1. The molecule has 132 valence electrons. The molecule has 2 fully saturated rings. The maximum atomic E-state index is 12.7. The van der Waals surface area contributed by atoms with Crippen molar-refractivity contribution in [1.29, 1.82) is 0 Å². The maximum absolute atomic E-state index is 12.7. The summed E-state index contributed by atoms with van der Waals surface area (Å²) in [5.41, 5.74) is 1.21. The Morgan fingerprint density at radius 3 is 2.58 bits per heavy atom. The molecule has 1 atom stereocenters. The van der Waals surface area contributed by atoms with Gasteiger partial charge >= 0.3 is 0 Å². The zero-order chi connectivity index (χ0) is 16.8. The van der Waals surface area contributed by atoms with Gasteiger partial charge in [-0.25, -0.2) is 0 Å². The molecular weight excluding hydrogens is 300 g/mol. The summed E-state index contributed by atoms with van der Waals surface area (Å²) < 4.78 is 5.47.